The predicted octanol–water partition coefficient (Wildman–Crippen LogP) is 2.19. The van der Waals surface area contributed by atoms with Crippen molar-refractivity contribution in [1.82, 2.24) is 4.31 Å². The molecule has 0 spiro atoms. The molecule has 0 radical (unpaired) electrons. The molecule has 0 N–H and O–H groups in total. The van der Waals surface area contributed by atoms with Gasteiger partial charge in [0.2, 0.25) is 10.0 Å². The molecule has 2 aromatic carbocycles. The third kappa shape index (κ3) is 3.23. The predicted molar refractivity (Wildman–Crippen MR) is 107 cm³/mol. The number of nitrogens with zero attached hydrogens (tertiary/aromatic N) is 3. The molecule has 0 bridgehead atoms. The third-order valence-electron chi connectivity index (χ3n) is 4.90. The minimum atomic E-state index is -3.55. The van der Waals surface area contributed by atoms with Crippen molar-refractivity contribution in [3.63, 3.8) is 0 Å². The van der Waals surface area contributed by atoms with Crippen LogP contribution < -0.4 is 4.90 Å². The molecule has 0 atom stereocenters. The Morgan fingerprint density at radius 3 is 2.39 bits per heavy atom. The molecular formula is C20H21N3O4S. The summed E-state index contributed by atoms with van der Waals surface area (Å²) in [6, 6.07) is 13.9. The summed E-state index contributed by atoms with van der Waals surface area (Å²) >= 11 is 0. The van der Waals surface area contributed by atoms with Gasteiger partial charge in [0.1, 0.15) is 5.71 Å². The number of aliphatic imine (C=N–C) groups is 1. The molecule has 2 aromatic rings. The molecule has 2 heterocycles. The summed E-state index contributed by atoms with van der Waals surface area (Å²) in [4.78, 5) is 19.1. The first-order chi connectivity index (χ1) is 13.5. The Bertz CT molecular complexity index is 1030. The van der Waals surface area contributed by atoms with Crippen molar-refractivity contribution in [2.75, 3.05) is 37.7 Å². The van der Waals surface area contributed by atoms with Gasteiger partial charge in [-0.05, 0) is 37.3 Å². The molecule has 0 unspecified atom stereocenters. The topological polar surface area (TPSA) is 79.3 Å². The van der Waals surface area contributed by atoms with Crippen LogP contribution in [0.4, 0.5) is 11.4 Å². The van der Waals surface area contributed by atoms with Crippen LogP contribution in [0.1, 0.15) is 12.5 Å². The fourth-order valence-electron chi connectivity index (χ4n) is 3.44. The van der Waals surface area contributed by atoms with Gasteiger partial charge in [-0.15, -0.1) is 0 Å². The Balaban J connectivity index is 1.64. The number of hydrogen-bond acceptors (Lipinski definition) is 5. The molecular weight excluding hydrogens is 378 g/mol. The number of anilines is 1. The molecule has 0 aromatic heterocycles. The van der Waals surface area contributed by atoms with Crippen LogP contribution in [0.5, 0.6) is 0 Å². The van der Waals surface area contributed by atoms with Crippen LogP contribution in [0.25, 0.3) is 0 Å². The average Bonchev–Trinajstić information content (AvgIpc) is 3.00. The number of para-hydroxylation sites is 1. The van der Waals surface area contributed by atoms with Crippen LogP contribution in [0, 0.1) is 0 Å². The number of benzene rings is 2. The molecule has 2 aliphatic rings. The first-order valence-corrected chi connectivity index (χ1v) is 10.6. The van der Waals surface area contributed by atoms with Crippen molar-refractivity contribution < 1.29 is 17.9 Å². The van der Waals surface area contributed by atoms with Crippen LogP contribution in [0.3, 0.4) is 0 Å². The molecule has 146 valence electrons. The summed E-state index contributed by atoms with van der Waals surface area (Å²) < 4.78 is 32.1. The van der Waals surface area contributed by atoms with Crippen LogP contribution >= 0.6 is 0 Å². The van der Waals surface area contributed by atoms with E-state index in [2.05, 4.69) is 4.99 Å². The molecule has 0 saturated carbocycles. The fraction of sp³-hybridized carbons (Fsp3) is 0.300. The Kier molecular flexibility index (Phi) is 5.01. The molecule has 1 amide bonds. The summed E-state index contributed by atoms with van der Waals surface area (Å²) in [7, 11) is -3.55. The molecule has 8 heteroatoms. The lowest BCUT2D eigenvalue weighted by atomic mass is 10.1. The maximum Gasteiger partial charge on any atom is 0.277 e. The second-order valence-electron chi connectivity index (χ2n) is 6.54. The van der Waals surface area contributed by atoms with Gasteiger partial charge in [-0.1, -0.05) is 18.2 Å². The summed E-state index contributed by atoms with van der Waals surface area (Å²) in [5, 5.41) is 0. The fourth-order valence-corrected chi connectivity index (χ4v) is 4.85. The lowest BCUT2D eigenvalue weighted by molar-refractivity contribution is -0.112. The van der Waals surface area contributed by atoms with Crippen molar-refractivity contribution in [1.29, 1.82) is 0 Å². The van der Waals surface area contributed by atoms with Crippen LogP contribution in [0.15, 0.2) is 58.4 Å². The molecule has 1 saturated heterocycles. The Morgan fingerprint density at radius 1 is 1.04 bits per heavy atom. The van der Waals surface area contributed by atoms with E-state index in [1.54, 1.807) is 17.0 Å². The molecule has 1 fully saturated rings. The van der Waals surface area contributed by atoms with Gasteiger partial charge >= 0.3 is 0 Å². The van der Waals surface area contributed by atoms with Gasteiger partial charge in [-0.2, -0.15) is 4.31 Å². The highest BCUT2D eigenvalue weighted by Gasteiger charge is 2.32. The van der Waals surface area contributed by atoms with E-state index in [4.69, 9.17) is 4.74 Å². The van der Waals surface area contributed by atoms with E-state index in [9.17, 15) is 13.2 Å². The SMILES string of the molecule is CCN1C(=O)C(=Nc2ccc(S(=O)(=O)N3CCOCC3)cc2)c2ccccc21. The maximum atomic E-state index is 12.7. The second-order valence-corrected chi connectivity index (χ2v) is 8.48. The van der Waals surface area contributed by atoms with E-state index in [-0.39, 0.29) is 10.8 Å². The van der Waals surface area contributed by atoms with Crippen molar-refractivity contribution in [3.05, 3.63) is 54.1 Å². The monoisotopic (exact) mass is 399 g/mol. The second kappa shape index (κ2) is 7.46. The highest BCUT2D eigenvalue weighted by molar-refractivity contribution is 7.89. The summed E-state index contributed by atoms with van der Waals surface area (Å²) in [6.45, 7) is 3.99. The number of sulfonamides is 1. The van der Waals surface area contributed by atoms with Crippen molar-refractivity contribution in [2.24, 2.45) is 4.99 Å². The van der Waals surface area contributed by atoms with Gasteiger partial charge in [0.05, 0.1) is 29.5 Å². The van der Waals surface area contributed by atoms with E-state index in [0.717, 1.165) is 11.3 Å². The largest absolute Gasteiger partial charge is 0.379 e. The number of amides is 1. The zero-order valence-electron chi connectivity index (χ0n) is 15.5. The van der Waals surface area contributed by atoms with Crippen molar-refractivity contribution in [2.45, 2.75) is 11.8 Å². The van der Waals surface area contributed by atoms with Gasteiger partial charge in [0.25, 0.3) is 5.91 Å². The number of fused-ring (bicyclic) bond motifs is 1. The summed E-state index contributed by atoms with van der Waals surface area (Å²) in [6.07, 6.45) is 0. The van der Waals surface area contributed by atoms with Crippen LogP contribution in [-0.2, 0) is 19.6 Å². The minimum Gasteiger partial charge on any atom is -0.379 e. The molecule has 2 aliphatic heterocycles. The van der Waals surface area contributed by atoms with Crippen molar-refractivity contribution in [3.8, 4) is 0 Å². The highest BCUT2D eigenvalue weighted by Crippen LogP contribution is 2.30. The number of morpholine rings is 1. The van der Waals surface area contributed by atoms with E-state index in [0.29, 0.717) is 44.2 Å². The molecule has 4 rings (SSSR count). The summed E-state index contributed by atoms with van der Waals surface area (Å²) in [5.41, 5.74) is 2.55. The van der Waals surface area contributed by atoms with E-state index < -0.39 is 10.0 Å². The Labute approximate surface area is 164 Å². The zero-order chi connectivity index (χ0) is 19.7. The Hall–Kier alpha value is -2.55. The number of ether oxygens (including phenoxy) is 1. The van der Waals surface area contributed by atoms with Gasteiger partial charge in [0.15, 0.2) is 0 Å². The number of rotatable bonds is 4. The van der Waals surface area contributed by atoms with E-state index in [1.165, 1.54) is 16.4 Å². The van der Waals surface area contributed by atoms with E-state index >= 15 is 0 Å². The minimum absolute atomic E-state index is 0.145. The summed E-state index contributed by atoms with van der Waals surface area (Å²) in [5.74, 6) is -0.145. The molecule has 0 aliphatic carbocycles. The van der Waals surface area contributed by atoms with Gasteiger partial charge in [-0.25, -0.2) is 13.4 Å². The zero-order valence-corrected chi connectivity index (χ0v) is 16.4. The first kappa shape index (κ1) is 18.8. The number of carbonyl (C=O) groups is 1. The number of likely N-dealkylation sites (N-methyl/N-ethyl adjacent to an activating group) is 1. The normalized spacial score (nSPS) is 19.2. The molecule has 28 heavy (non-hydrogen) atoms. The van der Waals surface area contributed by atoms with Gasteiger partial charge < -0.3 is 9.64 Å². The standard InChI is InChI=1S/C20H21N3O4S/c1-2-23-18-6-4-3-5-17(18)19(20(23)24)21-15-7-9-16(10-8-15)28(25,26)22-11-13-27-14-12-22/h3-10H,2,11-14H2,1H3. The Morgan fingerprint density at radius 2 is 1.71 bits per heavy atom. The quantitative estimate of drug-likeness (QED) is 0.790. The lowest BCUT2D eigenvalue weighted by Gasteiger charge is -2.26. The molecule has 7 nitrogen and oxygen atoms in total. The highest BCUT2D eigenvalue weighted by atomic mass is 32.2. The van der Waals surface area contributed by atoms with Crippen LogP contribution in [0.2, 0.25) is 0 Å². The lowest BCUT2D eigenvalue weighted by Crippen LogP contribution is -2.40. The van der Waals surface area contributed by atoms with E-state index in [1.807, 2.05) is 31.2 Å². The van der Waals surface area contributed by atoms with Gasteiger partial charge in [0, 0.05) is 25.2 Å². The number of hydrogen-bond donors (Lipinski definition) is 0. The van der Waals surface area contributed by atoms with Crippen LogP contribution in [-0.4, -0.2) is 57.2 Å². The number of carbonyl (C=O) groups excluding carboxylic acids is 1. The third-order valence-corrected chi connectivity index (χ3v) is 6.81. The first-order valence-electron chi connectivity index (χ1n) is 9.20. The van der Waals surface area contributed by atoms with Gasteiger partial charge in [-0.3, -0.25) is 4.79 Å². The van der Waals surface area contributed by atoms with Crippen molar-refractivity contribution >= 4 is 33.0 Å². The average molecular weight is 399 g/mol. The maximum absolute atomic E-state index is 12.7. The smallest absolute Gasteiger partial charge is 0.277 e.